The third kappa shape index (κ3) is 3.14. The van der Waals surface area contributed by atoms with Crippen LogP contribution >= 0.6 is 0 Å². The van der Waals surface area contributed by atoms with E-state index in [-0.39, 0.29) is 11.9 Å². The number of carbonyl (C=O) groups is 1. The number of nitrogens with zero attached hydrogens (tertiary/aromatic N) is 1. The molecular weight excluding hydrogens is 254 g/mol. The summed E-state index contributed by atoms with van der Waals surface area (Å²) in [6, 6.07) is 9.58. The molecule has 0 spiro atoms. The van der Waals surface area contributed by atoms with Crippen molar-refractivity contribution >= 4 is 16.9 Å². The zero-order chi connectivity index (χ0) is 14.7. The zero-order valence-electron chi connectivity index (χ0n) is 12.0. The molecule has 2 rings (SSSR count). The second-order valence-corrected chi connectivity index (χ2v) is 5.08. The average molecular weight is 273 g/mol. The van der Waals surface area contributed by atoms with Crippen LogP contribution in [0.15, 0.2) is 30.3 Å². The third-order valence-electron chi connectivity index (χ3n) is 3.42. The third-order valence-corrected chi connectivity index (χ3v) is 3.42. The Morgan fingerprint density at radius 1 is 1.35 bits per heavy atom. The summed E-state index contributed by atoms with van der Waals surface area (Å²) in [5.74, 6) is -0.635. The molecule has 1 N–H and O–H groups in total. The highest BCUT2D eigenvalue weighted by Crippen LogP contribution is 2.25. The first-order chi connectivity index (χ1) is 9.51. The molecule has 106 valence electrons. The molecule has 4 nitrogen and oxygen atoms in total. The number of aliphatic hydroxyl groups is 1. The van der Waals surface area contributed by atoms with Gasteiger partial charge in [-0.15, -0.1) is 0 Å². The van der Waals surface area contributed by atoms with Gasteiger partial charge in [0.15, 0.2) is 0 Å². The number of carbonyl (C=O) groups excluding carboxylic acids is 1. The van der Waals surface area contributed by atoms with Crippen molar-refractivity contribution in [2.45, 2.75) is 26.4 Å². The minimum atomic E-state index is -0.685. The van der Waals surface area contributed by atoms with Gasteiger partial charge in [0.1, 0.15) is 0 Å². The first-order valence-corrected chi connectivity index (χ1v) is 6.64. The molecular formula is C16H19NO3. The van der Waals surface area contributed by atoms with Crippen molar-refractivity contribution in [1.29, 1.82) is 0 Å². The Hall–Kier alpha value is -1.94. The van der Waals surface area contributed by atoms with E-state index in [9.17, 15) is 9.90 Å². The maximum absolute atomic E-state index is 11.4. The molecule has 0 aliphatic rings. The van der Waals surface area contributed by atoms with E-state index in [1.165, 1.54) is 7.11 Å². The summed E-state index contributed by atoms with van der Waals surface area (Å²) in [7, 11) is 1.36. The molecule has 0 saturated carbocycles. The van der Waals surface area contributed by atoms with Crippen molar-refractivity contribution in [3.63, 3.8) is 0 Å². The number of rotatable bonds is 4. The Kier molecular flexibility index (Phi) is 4.35. The van der Waals surface area contributed by atoms with E-state index < -0.39 is 6.10 Å². The van der Waals surface area contributed by atoms with Gasteiger partial charge in [0.25, 0.3) is 0 Å². The summed E-state index contributed by atoms with van der Waals surface area (Å²) < 4.78 is 4.67. The highest BCUT2D eigenvalue weighted by atomic mass is 16.5. The topological polar surface area (TPSA) is 59.4 Å². The minimum Gasteiger partial charge on any atom is -0.469 e. The van der Waals surface area contributed by atoms with Crippen LogP contribution in [0.3, 0.4) is 0 Å². The molecule has 1 aromatic heterocycles. The number of benzene rings is 1. The molecule has 0 fully saturated rings. The second-order valence-electron chi connectivity index (χ2n) is 5.08. The molecule has 0 amide bonds. The van der Waals surface area contributed by atoms with Gasteiger partial charge in [-0.3, -0.25) is 9.78 Å². The summed E-state index contributed by atoms with van der Waals surface area (Å²) in [6.07, 6.45) is -0.341. The number of hydrogen-bond acceptors (Lipinski definition) is 4. The zero-order valence-corrected chi connectivity index (χ0v) is 12.0. The SMILES string of the molecule is COC(=O)C(C)CC(O)c1ccc2nc(C)ccc2c1. The largest absolute Gasteiger partial charge is 0.469 e. The van der Waals surface area contributed by atoms with Crippen molar-refractivity contribution in [3.05, 3.63) is 41.6 Å². The standard InChI is InChI=1S/C16H19NO3/c1-10(16(19)20-3)8-15(18)13-6-7-14-12(9-13)5-4-11(2)17-14/h4-7,9-10,15,18H,8H2,1-3H3. The Labute approximate surface area is 118 Å². The predicted octanol–water partition coefficient (Wildman–Crippen LogP) is 2.78. The second kappa shape index (κ2) is 6.01. The van der Waals surface area contributed by atoms with Gasteiger partial charge >= 0.3 is 5.97 Å². The van der Waals surface area contributed by atoms with Crippen LogP contribution in [0.5, 0.6) is 0 Å². The summed E-state index contributed by atoms with van der Waals surface area (Å²) in [4.78, 5) is 15.8. The summed E-state index contributed by atoms with van der Waals surface area (Å²) in [5.41, 5.74) is 2.66. The number of aromatic nitrogens is 1. The quantitative estimate of drug-likeness (QED) is 0.870. The van der Waals surface area contributed by atoms with Gasteiger partial charge in [-0.25, -0.2) is 0 Å². The summed E-state index contributed by atoms with van der Waals surface area (Å²) in [6.45, 7) is 3.70. The van der Waals surface area contributed by atoms with E-state index in [2.05, 4.69) is 9.72 Å². The van der Waals surface area contributed by atoms with Crippen LogP contribution in [0.25, 0.3) is 10.9 Å². The molecule has 0 aliphatic carbocycles. The molecule has 2 aromatic rings. The van der Waals surface area contributed by atoms with Crippen LogP contribution in [0.4, 0.5) is 0 Å². The van der Waals surface area contributed by atoms with Gasteiger partial charge in [0.05, 0.1) is 24.6 Å². The number of pyridine rings is 1. The fourth-order valence-corrected chi connectivity index (χ4v) is 2.22. The molecule has 0 saturated heterocycles. The van der Waals surface area contributed by atoms with Crippen LogP contribution in [-0.4, -0.2) is 23.2 Å². The number of aliphatic hydroxyl groups excluding tert-OH is 1. The lowest BCUT2D eigenvalue weighted by molar-refractivity contribution is -0.145. The molecule has 1 heterocycles. The number of methoxy groups -OCH3 is 1. The van der Waals surface area contributed by atoms with E-state index in [1.807, 2.05) is 37.3 Å². The lowest BCUT2D eigenvalue weighted by Gasteiger charge is -2.15. The monoisotopic (exact) mass is 273 g/mol. The smallest absolute Gasteiger partial charge is 0.308 e. The van der Waals surface area contributed by atoms with E-state index in [4.69, 9.17) is 0 Å². The molecule has 4 heteroatoms. The number of aryl methyl sites for hydroxylation is 1. The van der Waals surface area contributed by atoms with Crippen LogP contribution in [0.2, 0.25) is 0 Å². The maximum atomic E-state index is 11.4. The lowest BCUT2D eigenvalue weighted by Crippen LogP contribution is -2.16. The van der Waals surface area contributed by atoms with Gasteiger partial charge in [-0.1, -0.05) is 19.1 Å². The molecule has 1 aromatic carbocycles. The summed E-state index contributed by atoms with van der Waals surface area (Å²) in [5, 5.41) is 11.2. The van der Waals surface area contributed by atoms with Crippen LogP contribution in [-0.2, 0) is 9.53 Å². The molecule has 0 aliphatic heterocycles. The first kappa shape index (κ1) is 14.5. The summed E-state index contributed by atoms with van der Waals surface area (Å²) >= 11 is 0. The molecule has 0 radical (unpaired) electrons. The van der Waals surface area contributed by atoms with E-state index in [1.54, 1.807) is 6.92 Å². The van der Waals surface area contributed by atoms with Crippen molar-refractivity contribution in [2.24, 2.45) is 5.92 Å². The van der Waals surface area contributed by atoms with Gasteiger partial charge in [0.2, 0.25) is 0 Å². The number of esters is 1. The van der Waals surface area contributed by atoms with E-state index in [0.717, 1.165) is 22.2 Å². The van der Waals surface area contributed by atoms with Crippen LogP contribution in [0, 0.1) is 12.8 Å². The van der Waals surface area contributed by atoms with Crippen molar-refractivity contribution < 1.29 is 14.6 Å². The van der Waals surface area contributed by atoms with Crippen molar-refractivity contribution in [2.75, 3.05) is 7.11 Å². The molecule has 20 heavy (non-hydrogen) atoms. The van der Waals surface area contributed by atoms with Crippen molar-refractivity contribution in [3.8, 4) is 0 Å². The highest BCUT2D eigenvalue weighted by Gasteiger charge is 2.19. The first-order valence-electron chi connectivity index (χ1n) is 6.64. The predicted molar refractivity (Wildman–Crippen MR) is 77.2 cm³/mol. The number of hydrogen-bond donors (Lipinski definition) is 1. The van der Waals surface area contributed by atoms with E-state index in [0.29, 0.717) is 6.42 Å². The van der Waals surface area contributed by atoms with Gasteiger partial charge in [-0.05, 0) is 37.1 Å². The average Bonchev–Trinajstić information content (AvgIpc) is 2.45. The Bertz CT molecular complexity index is 624. The van der Waals surface area contributed by atoms with Gasteiger partial charge in [-0.2, -0.15) is 0 Å². The van der Waals surface area contributed by atoms with Crippen LogP contribution < -0.4 is 0 Å². The van der Waals surface area contributed by atoms with Gasteiger partial charge in [0, 0.05) is 11.1 Å². The van der Waals surface area contributed by atoms with Crippen molar-refractivity contribution in [1.82, 2.24) is 4.98 Å². The lowest BCUT2D eigenvalue weighted by atomic mass is 9.97. The maximum Gasteiger partial charge on any atom is 0.308 e. The van der Waals surface area contributed by atoms with E-state index >= 15 is 0 Å². The molecule has 2 unspecified atom stereocenters. The molecule has 0 bridgehead atoms. The Morgan fingerprint density at radius 3 is 2.80 bits per heavy atom. The normalized spacial score (nSPS) is 14.0. The fraction of sp³-hybridized carbons (Fsp3) is 0.375. The number of ether oxygens (including phenoxy) is 1. The fourth-order valence-electron chi connectivity index (χ4n) is 2.22. The number of fused-ring (bicyclic) bond motifs is 1. The van der Waals surface area contributed by atoms with Gasteiger partial charge < -0.3 is 9.84 Å². The Morgan fingerprint density at radius 2 is 2.10 bits per heavy atom. The minimum absolute atomic E-state index is 0.304. The Balaban J connectivity index is 2.20. The molecule has 2 atom stereocenters. The highest BCUT2D eigenvalue weighted by molar-refractivity contribution is 5.79. The van der Waals surface area contributed by atoms with Crippen LogP contribution in [0.1, 0.15) is 30.7 Å².